The average molecular weight is 423 g/mol. The Morgan fingerprint density at radius 3 is 2.63 bits per heavy atom. The maximum Gasteiger partial charge on any atom is 0.239 e. The molecule has 7 nitrogen and oxygen atoms in total. The van der Waals surface area contributed by atoms with Gasteiger partial charge in [0.2, 0.25) is 11.8 Å². The zero-order valence-corrected chi connectivity index (χ0v) is 17.1. The predicted molar refractivity (Wildman–Crippen MR) is 115 cm³/mol. The lowest BCUT2D eigenvalue weighted by Gasteiger charge is -2.12. The molecule has 0 spiro atoms. The SMILES string of the molecule is Cc1oc(-c2ccccc2)nc1C(O)COc1ccc(CC2SC(=N)NC2=O)cc1. The van der Waals surface area contributed by atoms with Crippen LogP contribution in [-0.2, 0) is 11.2 Å². The van der Waals surface area contributed by atoms with Gasteiger partial charge in [0, 0.05) is 5.56 Å². The summed E-state index contributed by atoms with van der Waals surface area (Å²) in [6.07, 6.45) is -0.377. The highest BCUT2D eigenvalue weighted by molar-refractivity contribution is 8.15. The number of rotatable bonds is 7. The minimum Gasteiger partial charge on any atom is -0.490 e. The molecule has 0 bridgehead atoms. The van der Waals surface area contributed by atoms with Crippen LogP contribution in [0.25, 0.3) is 11.5 Å². The van der Waals surface area contributed by atoms with Crippen molar-refractivity contribution in [2.24, 2.45) is 0 Å². The molecule has 3 aromatic rings. The lowest BCUT2D eigenvalue weighted by molar-refractivity contribution is -0.118. The number of carbonyl (C=O) groups is 1. The van der Waals surface area contributed by atoms with E-state index < -0.39 is 6.10 Å². The van der Waals surface area contributed by atoms with Gasteiger partial charge >= 0.3 is 0 Å². The molecule has 0 aliphatic carbocycles. The van der Waals surface area contributed by atoms with Crippen molar-refractivity contribution in [1.82, 2.24) is 10.3 Å². The van der Waals surface area contributed by atoms with Crippen LogP contribution < -0.4 is 10.1 Å². The lowest BCUT2D eigenvalue weighted by atomic mass is 10.1. The van der Waals surface area contributed by atoms with Gasteiger partial charge in [0.1, 0.15) is 29.9 Å². The third-order valence-electron chi connectivity index (χ3n) is 4.71. The van der Waals surface area contributed by atoms with E-state index in [1.807, 2.05) is 42.5 Å². The molecule has 3 N–H and O–H groups in total. The number of aliphatic hydroxyl groups excluding tert-OH is 1. The number of carbonyl (C=O) groups excluding carboxylic acids is 1. The fourth-order valence-electron chi connectivity index (χ4n) is 3.16. The molecule has 0 saturated carbocycles. The van der Waals surface area contributed by atoms with Crippen LogP contribution in [0.5, 0.6) is 5.75 Å². The van der Waals surface area contributed by atoms with Gasteiger partial charge in [-0.25, -0.2) is 4.98 Å². The van der Waals surface area contributed by atoms with Crippen LogP contribution in [0.2, 0.25) is 0 Å². The van der Waals surface area contributed by atoms with Gasteiger partial charge in [0.15, 0.2) is 5.17 Å². The van der Waals surface area contributed by atoms with Gasteiger partial charge in [-0.05, 0) is 43.2 Å². The van der Waals surface area contributed by atoms with Crippen LogP contribution in [0.3, 0.4) is 0 Å². The van der Waals surface area contributed by atoms with E-state index in [2.05, 4.69) is 10.3 Å². The number of aromatic nitrogens is 1. The molecular weight excluding hydrogens is 402 g/mol. The Bertz CT molecular complexity index is 1050. The first-order chi connectivity index (χ1) is 14.5. The second-order valence-corrected chi connectivity index (χ2v) is 8.14. The molecule has 1 amide bonds. The molecule has 0 radical (unpaired) electrons. The molecule has 1 aliphatic heterocycles. The van der Waals surface area contributed by atoms with Crippen molar-refractivity contribution in [2.45, 2.75) is 24.7 Å². The van der Waals surface area contributed by atoms with Crippen LogP contribution in [-0.4, -0.2) is 33.0 Å². The summed E-state index contributed by atoms with van der Waals surface area (Å²) in [6, 6.07) is 16.9. The third kappa shape index (κ3) is 4.55. The van der Waals surface area contributed by atoms with Gasteiger partial charge in [-0.1, -0.05) is 42.1 Å². The van der Waals surface area contributed by atoms with Crippen LogP contribution in [0.4, 0.5) is 0 Å². The molecule has 1 fully saturated rings. The Labute approximate surface area is 178 Å². The summed E-state index contributed by atoms with van der Waals surface area (Å²) in [4.78, 5) is 16.2. The van der Waals surface area contributed by atoms with Gasteiger partial charge in [0.25, 0.3) is 0 Å². The fourth-order valence-corrected chi connectivity index (χ4v) is 4.05. The Hall–Kier alpha value is -3.10. The predicted octanol–water partition coefficient (Wildman–Crippen LogP) is 3.47. The molecule has 8 heteroatoms. The van der Waals surface area contributed by atoms with E-state index in [1.54, 1.807) is 19.1 Å². The van der Waals surface area contributed by atoms with Crippen molar-refractivity contribution in [3.8, 4) is 17.2 Å². The number of thioether (sulfide) groups is 1. The number of amidine groups is 1. The summed E-state index contributed by atoms with van der Waals surface area (Å²) in [5, 5.41) is 20.4. The van der Waals surface area contributed by atoms with Crippen molar-refractivity contribution < 1.29 is 19.1 Å². The first-order valence-electron chi connectivity index (χ1n) is 9.48. The third-order valence-corrected chi connectivity index (χ3v) is 5.71. The summed E-state index contributed by atoms with van der Waals surface area (Å²) in [5.41, 5.74) is 2.28. The van der Waals surface area contributed by atoms with Crippen molar-refractivity contribution in [2.75, 3.05) is 6.61 Å². The quantitative estimate of drug-likeness (QED) is 0.537. The Balaban J connectivity index is 1.35. The maximum absolute atomic E-state index is 11.7. The van der Waals surface area contributed by atoms with Gasteiger partial charge < -0.3 is 19.6 Å². The minimum absolute atomic E-state index is 0.0407. The molecule has 2 unspecified atom stereocenters. The number of amides is 1. The number of aryl methyl sites for hydroxylation is 1. The number of hydrogen-bond donors (Lipinski definition) is 3. The molecule has 2 aromatic carbocycles. The lowest BCUT2D eigenvalue weighted by Crippen LogP contribution is -2.25. The number of ether oxygens (including phenoxy) is 1. The molecule has 4 rings (SSSR count). The van der Waals surface area contributed by atoms with Gasteiger partial charge in [-0.2, -0.15) is 0 Å². The number of hydrogen-bond acceptors (Lipinski definition) is 7. The van der Waals surface area contributed by atoms with Crippen molar-refractivity contribution in [3.05, 3.63) is 71.6 Å². The van der Waals surface area contributed by atoms with Crippen molar-refractivity contribution in [1.29, 1.82) is 5.41 Å². The van der Waals surface area contributed by atoms with E-state index in [4.69, 9.17) is 14.6 Å². The smallest absolute Gasteiger partial charge is 0.239 e. The number of nitrogens with zero attached hydrogens (tertiary/aromatic N) is 1. The van der Waals surface area contributed by atoms with Crippen LogP contribution >= 0.6 is 11.8 Å². The number of aliphatic hydroxyl groups is 1. The Kier molecular flexibility index (Phi) is 5.87. The average Bonchev–Trinajstić information content (AvgIpc) is 3.29. The van der Waals surface area contributed by atoms with Crippen molar-refractivity contribution in [3.63, 3.8) is 0 Å². The summed E-state index contributed by atoms with van der Waals surface area (Å²) >= 11 is 1.23. The van der Waals surface area contributed by atoms with E-state index >= 15 is 0 Å². The van der Waals surface area contributed by atoms with Crippen molar-refractivity contribution >= 4 is 22.8 Å². The molecule has 1 aliphatic rings. The van der Waals surface area contributed by atoms with E-state index in [1.165, 1.54) is 11.8 Å². The number of oxazole rings is 1. The van der Waals surface area contributed by atoms with E-state index in [0.29, 0.717) is 29.5 Å². The first-order valence-corrected chi connectivity index (χ1v) is 10.4. The number of nitrogens with one attached hydrogen (secondary N) is 2. The van der Waals surface area contributed by atoms with E-state index in [9.17, 15) is 9.90 Å². The fraction of sp³-hybridized carbons (Fsp3) is 0.227. The van der Waals surface area contributed by atoms with Crippen LogP contribution in [0, 0.1) is 12.3 Å². The molecule has 2 atom stereocenters. The summed E-state index contributed by atoms with van der Waals surface area (Å²) in [7, 11) is 0. The summed E-state index contributed by atoms with van der Waals surface area (Å²) < 4.78 is 11.4. The minimum atomic E-state index is -0.921. The maximum atomic E-state index is 11.7. The normalized spacial score (nSPS) is 17.1. The van der Waals surface area contributed by atoms with E-state index in [-0.39, 0.29) is 22.9 Å². The first kappa shape index (κ1) is 20.2. The van der Waals surface area contributed by atoms with E-state index in [0.717, 1.165) is 11.1 Å². The van der Waals surface area contributed by atoms with Crippen LogP contribution in [0.1, 0.15) is 23.1 Å². The Morgan fingerprint density at radius 1 is 1.23 bits per heavy atom. The second-order valence-electron chi connectivity index (χ2n) is 6.93. The molecule has 30 heavy (non-hydrogen) atoms. The monoisotopic (exact) mass is 423 g/mol. The zero-order chi connectivity index (χ0) is 21.1. The summed E-state index contributed by atoms with van der Waals surface area (Å²) in [6.45, 7) is 1.81. The number of benzene rings is 2. The van der Waals surface area contributed by atoms with Crippen LogP contribution in [0.15, 0.2) is 59.0 Å². The highest BCUT2D eigenvalue weighted by Crippen LogP contribution is 2.26. The van der Waals surface area contributed by atoms with Gasteiger partial charge in [0.05, 0.1) is 5.25 Å². The highest BCUT2D eigenvalue weighted by atomic mass is 32.2. The second kappa shape index (κ2) is 8.73. The standard InChI is InChI=1S/C22H21N3O4S/c1-13-19(24-21(29-13)15-5-3-2-4-6-15)17(26)12-28-16-9-7-14(8-10-16)11-18-20(27)25-22(23)30-18/h2-10,17-18,26H,11-12H2,1H3,(H2,23,25,27). The summed E-state index contributed by atoms with van der Waals surface area (Å²) in [5.74, 6) is 1.50. The molecule has 2 heterocycles. The highest BCUT2D eigenvalue weighted by Gasteiger charge is 2.29. The zero-order valence-electron chi connectivity index (χ0n) is 16.3. The molecule has 1 aromatic heterocycles. The molecular formula is C22H21N3O4S. The molecule has 154 valence electrons. The van der Waals surface area contributed by atoms with Gasteiger partial charge in [-0.3, -0.25) is 10.2 Å². The Morgan fingerprint density at radius 2 is 1.97 bits per heavy atom. The largest absolute Gasteiger partial charge is 0.490 e. The topological polar surface area (TPSA) is 108 Å². The molecule has 1 saturated heterocycles. The van der Waals surface area contributed by atoms with Gasteiger partial charge in [-0.15, -0.1) is 0 Å².